The molecule has 40 valence electrons. The molecule has 0 fully saturated rings. The summed E-state index contributed by atoms with van der Waals surface area (Å²) in [7, 11) is 2.78. The summed E-state index contributed by atoms with van der Waals surface area (Å²) in [5.74, 6) is 0. The summed E-state index contributed by atoms with van der Waals surface area (Å²) in [6.07, 6.45) is 0. The summed E-state index contributed by atoms with van der Waals surface area (Å²) < 4.78 is 3.63. The first-order valence-electron chi connectivity index (χ1n) is 1.50. The predicted octanol–water partition coefficient (Wildman–Crippen LogP) is 2.50. The zero-order valence-electron chi connectivity index (χ0n) is 3.10. The Kier molecular flexibility index (Phi) is 2.16. The Morgan fingerprint density at radius 3 is 2.57 bits per heavy atom. The van der Waals surface area contributed by atoms with Crippen molar-refractivity contribution in [2.75, 3.05) is 0 Å². The Morgan fingerprint density at radius 2 is 2.43 bits per heavy atom. The van der Waals surface area contributed by atoms with Crippen LogP contribution in [0.1, 0.15) is 0 Å². The molecule has 1 atom stereocenters. The Balaban J connectivity index is 2.54. The van der Waals surface area contributed by atoms with Gasteiger partial charge >= 0.3 is 0 Å². The summed E-state index contributed by atoms with van der Waals surface area (Å²) in [4.78, 5) is 0. The second-order valence-corrected chi connectivity index (χ2v) is 4.00. The van der Waals surface area contributed by atoms with Crippen LogP contribution < -0.4 is 0 Å². The van der Waals surface area contributed by atoms with Gasteiger partial charge in [-0.25, -0.2) is 0 Å². The SMILES string of the molecule is ClC1=NSS[C@@H]1Cl. The maximum Gasteiger partial charge on any atom is 0.144 e. The van der Waals surface area contributed by atoms with E-state index in [0.29, 0.717) is 5.17 Å². The van der Waals surface area contributed by atoms with Crippen LogP contribution in [0.5, 0.6) is 0 Å². The van der Waals surface area contributed by atoms with Crippen LogP contribution in [0, 0.1) is 0 Å². The molecule has 1 heterocycles. The third kappa shape index (κ3) is 1.42. The van der Waals surface area contributed by atoms with E-state index in [9.17, 15) is 0 Å². The summed E-state index contributed by atoms with van der Waals surface area (Å²) in [6, 6.07) is 0. The monoisotopic (exact) mass is 173 g/mol. The van der Waals surface area contributed by atoms with Gasteiger partial charge in [0.1, 0.15) is 9.88 Å². The summed E-state index contributed by atoms with van der Waals surface area (Å²) in [5, 5.41) is 0.497. The zero-order chi connectivity index (χ0) is 5.28. The molecule has 0 spiro atoms. The van der Waals surface area contributed by atoms with Crippen LogP contribution in [0.15, 0.2) is 4.40 Å². The lowest BCUT2D eigenvalue weighted by Gasteiger charge is -1.87. The van der Waals surface area contributed by atoms with Gasteiger partial charge < -0.3 is 0 Å². The largest absolute Gasteiger partial charge is 0.195 e. The average molecular weight is 174 g/mol. The molecule has 0 radical (unpaired) electrons. The van der Waals surface area contributed by atoms with Crippen molar-refractivity contribution in [2.45, 2.75) is 4.71 Å². The molecule has 1 nitrogen and oxygen atoms in total. The average Bonchev–Trinajstić information content (AvgIpc) is 1.91. The van der Waals surface area contributed by atoms with E-state index in [1.807, 2.05) is 0 Å². The number of hydrogen-bond donors (Lipinski definition) is 0. The standard InChI is InChI=1S/C2HCl2NS2/c3-1-2(4)6-7-5-1/h2H/t2-/m0/s1. The molecule has 7 heavy (non-hydrogen) atoms. The Hall–Kier alpha value is 0.950. The first kappa shape index (κ1) is 6.08. The highest BCUT2D eigenvalue weighted by Crippen LogP contribution is 2.38. The van der Waals surface area contributed by atoms with E-state index in [0.717, 1.165) is 0 Å². The highest BCUT2D eigenvalue weighted by molar-refractivity contribution is 8.77. The third-order valence-corrected chi connectivity index (χ3v) is 3.68. The molecule has 0 unspecified atom stereocenters. The molecule has 0 saturated carbocycles. The minimum Gasteiger partial charge on any atom is -0.195 e. The van der Waals surface area contributed by atoms with Crippen LogP contribution in [-0.2, 0) is 0 Å². The highest BCUT2D eigenvalue weighted by Gasteiger charge is 2.17. The molecule has 1 aliphatic rings. The van der Waals surface area contributed by atoms with Gasteiger partial charge in [0.05, 0.1) is 0 Å². The van der Waals surface area contributed by atoms with Crippen LogP contribution in [0.2, 0.25) is 0 Å². The quantitative estimate of drug-likeness (QED) is 0.317. The Labute approximate surface area is 59.4 Å². The minimum atomic E-state index is -0.119. The molecule has 0 amide bonds. The van der Waals surface area contributed by atoms with Crippen molar-refractivity contribution in [2.24, 2.45) is 4.40 Å². The van der Waals surface area contributed by atoms with Crippen molar-refractivity contribution in [1.82, 2.24) is 0 Å². The molecule has 0 N–H and O–H groups in total. The van der Waals surface area contributed by atoms with Crippen LogP contribution >= 0.6 is 45.0 Å². The van der Waals surface area contributed by atoms with Crippen LogP contribution in [0.4, 0.5) is 0 Å². The maximum absolute atomic E-state index is 5.54. The maximum atomic E-state index is 5.54. The van der Waals surface area contributed by atoms with Gasteiger partial charge in [0.15, 0.2) is 0 Å². The fraction of sp³-hybridized carbons (Fsp3) is 0.500. The van der Waals surface area contributed by atoms with E-state index in [2.05, 4.69) is 4.40 Å². The first-order chi connectivity index (χ1) is 3.30. The van der Waals surface area contributed by atoms with Crippen LogP contribution in [0.3, 0.4) is 0 Å². The van der Waals surface area contributed by atoms with Crippen molar-refractivity contribution in [3.05, 3.63) is 0 Å². The van der Waals surface area contributed by atoms with Gasteiger partial charge in [-0.1, -0.05) is 11.6 Å². The van der Waals surface area contributed by atoms with E-state index in [1.54, 1.807) is 0 Å². The zero-order valence-corrected chi connectivity index (χ0v) is 6.24. The Morgan fingerprint density at radius 1 is 1.71 bits per heavy atom. The number of nitrogens with zero attached hydrogens (tertiary/aromatic N) is 1. The third-order valence-electron chi connectivity index (χ3n) is 0.439. The van der Waals surface area contributed by atoms with Crippen molar-refractivity contribution in [3.8, 4) is 0 Å². The van der Waals surface area contributed by atoms with E-state index >= 15 is 0 Å². The lowest BCUT2D eigenvalue weighted by molar-refractivity contribution is 1.81. The predicted molar refractivity (Wildman–Crippen MR) is 38.1 cm³/mol. The number of alkyl halides is 1. The molecule has 0 saturated heterocycles. The summed E-state index contributed by atoms with van der Waals surface area (Å²) in [6.45, 7) is 0. The summed E-state index contributed by atoms with van der Waals surface area (Å²) in [5.41, 5.74) is 0. The molecule has 0 aromatic heterocycles. The van der Waals surface area contributed by atoms with E-state index in [1.165, 1.54) is 21.8 Å². The van der Waals surface area contributed by atoms with Gasteiger partial charge in [0.2, 0.25) is 0 Å². The molecule has 0 aliphatic carbocycles. The second kappa shape index (κ2) is 2.49. The van der Waals surface area contributed by atoms with Crippen LogP contribution in [-0.4, -0.2) is 9.88 Å². The van der Waals surface area contributed by atoms with E-state index in [4.69, 9.17) is 23.2 Å². The van der Waals surface area contributed by atoms with Crippen molar-refractivity contribution in [1.29, 1.82) is 0 Å². The first-order valence-corrected chi connectivity index (χ1v) is 4.49. The molecular formula is C2HCl2NS2. The van der Waals surface area contributed by atoms with Gasteiger partial charge in [-0.3, -0.25) is 0 Å². The fourth-order valence-electron chi connectivity index (χ4n) is 0.176. The van der Waals surface area contributed by atoms with Gasteiger partial charge in [0, 0.05) is 11.0 Å². The molecule has 1 aliphatic heterocycles. The van der Waals surface area contributed by atoms with E-state index < -0.39 is 0 Å². The molecule has 5 heteroatoms. The molecular weight excluding hydrogens is 173 g/mol. The normalized spacial score (nSPS) is 30.6. The molecule has 0 aromatic carbocycles. The molecule has 0 bridgehead atoms. The minimum absolute atomic E-state index is 0.119. The van der Waals surface area contributed by atoms with Crippen LogP contribution in [0.25, 0.3) is 0 Å². The van der Waals surface area contributed by atoms with Gasteiger partial charge in [-0.05, 0) is 10.8 Å². The molecule has 1 rings (SSSR count). The van der Waals surface area contributed by atoms with E-state index in [-0.39, 0.29) is 4.71 Å². The van der Waals surface area contributed by atoms with Gasteiger partial charge in [0.25, 0.3) is 0 Å². The lowest BCUT2D eigenvalue weighted by atomic mass is 10.9. The van der Waals surface area contributed by atoms with Gasteiger partial charge in [-0.15, -0.1) is 11.6 Å². The highest BCUT2D eigenvalue weighted by atomic mass is 35.5. The van der Waals surface area contributed by atoms with Crippen molar-refractivity contribution < 1.29 is 0 Å². The number of rotatable bonds is 0. The topological polar surface area (TPSA) is 12.4 Å². The van der Waals surface area contributed by atoms with Crippen molar-refractivity contribution in [3.63, 3.8) is 0 Å². The fourth-order valence-corrected chi connectivity index (χ4v) is 2.46. The molecule has 0 aromatic rings. The Bertz CT molecular complexity index is 104. The van der Waals surface area contributed by atoms with Gasteiger partial charge in [-0.2, -0.15) is 4.40 Å². The summed E-state index contributed by atoms with van der Waals surface area (Å²) >= 11 is 11.0. The number of hydrogen-bond acceptors (Lipinski definition) is 3. The van der Waals surface area contributed by atoms with Crippen molar-refractivity contribution >= 4 is 50.1 Å². The lowest BCUT2D eigenvalue weighted by Crippen LogP contribution is -1.94. The number of halogens is 2. The smallest absolute Gasteiger partial charge is 0.144 e. The second-order valence-electron chi connectivity index (χ2n) is 0.901.